The molecule has 5 heteroatoms. The van der Waals surface area contributed by atoms with Crippen molar-refractivity contribution in [2.75, 3.05) is 20.1 Å². The molecule has 0 radical (unpaired) electrons. The Morgan fingerprint density at radius 2 is 2.22 bits per heavy atom. The van der Waals surface area contributed by atoms with Crippen molar-refractivity contribution in [2.24, 2.45) is 0 Å². The fourth-order valence-electron chi connectivity index (χ4n) is 2.19. The summed E-state index contributed by atoms with van der Waals surface area (Å²) in [5.74, 6) is -0.387. The number of nitrogens with one attached hydrogen (secondary N) is 1. The lowest BCUT2D eigenvalue weighted by Gasteiger charge is -2.26. The number of ether oxygens (including phenoxy) is 1. The Bertz CT molecular complexity index is 451. The number of likely N-dealkylation sites (N-methyl/N-ethyl adjacent to an activating group) is 1. The molecule has 1 heterocycles. The van der Waals surface area contributed by atoms with Crippen molar-refractivity contribution >= 4 is 29.2 Å². The first-order valence-electron chi connectivity index (χ1n) is 6.03. The second-order valence-electron chi connectivity index (χ2n) is 4.70. The number of hydrogen-bond acceptors (Lipinski definition) is 2. The molecule has 0 bridgehead atoms. The number of halogens is 2. The largest absolute Gasteiger partial charge is 0.453 e. The molecule has 1 aromatic rings. The van der Waals surface area contributed by atoms with Crippen LogP contribution in [0.25, 0.3) is 0 Å². The minimum absolute atomic E-state index is 0.0266. The second-order valence-corrected chi connectivity index (χ2v) is 5.55. The molecule has 1 saturated heterocycles. The van der Waals surface area contributed by atoms with Crippen LogP contribution in [0.3, 0.4) is 0 Å². The summed E-state index contributed by atoms with van der Waals surface area (Å²) >= 11 is 11.8. The number of likely N-dealkylation sites (tertiary alicyclic amines) is 1. The van der Waals surface area contributed by atoms with E-state index in [0.717, 1.165) is 25.9 Å². The fourth-order valence-corrected chi connectivity index (χ4v) is 2.56. The van der Waals surface area contributed by atoms with Gasteiger partial charge in [0, 0.05) is 11.4 Å². The summed E-state index contributed by atoms with van der Waals surface area (Å²) in [6.45, 7) is 1.98. The van der Waals surface area contributed by atoms with E-state index in [-0.39, 0.29) is 12.1 Å². The Hall–Kier alpha value is -0.770. The molecule has 2 atom stereocenters. The number of carbonyl (C=O) groups excluding carboxylic acids is 1. The Morgan fingerprint density at radius 1 is 1.44 bits per heavy atom. The van der Waals surface area contributed by atoms with Gasteiger partial charge in [-0.3, -0.25) is 0 Å². The van der Waals surface area contributed by atoms with Crippen LogP contribution in [-0.4, -0.2) is 32.2 Å². The lowest BCUT2D eigenvalue weighted by atomic mass is 10.1. The van der Waals surface area contributed by atoms with Gasteiger partial charge < -0.3 is 9.64 Å². The van der Waals surface area contributed by atoms with E-state index in [0.29, 0.717) is 15.6 Å². The molecule has 1 aliphatic heterocycles. The van der Waals surface area contributed by atoms with Crippen LogP contribution in [0.15, 0.2) is 18.2 Å². The molecular formula is C13H16Cl2NO2+. The lowest BCUT2D eigenvalue weighted by molar-refractivity contribution is -0.888. The van der Waals surface area contributed by atoms with Crippen molar-refractivity contribution < 1.29 is 14.4 Å². The highest BCUT2D eigenvalue weighted by atomic mass is 35.5. The molecule has 0 spiro atoms. The van der Waals surface area contributed by atoms with Crippen LogP contribution in [0.4, 0.5) is 0 Å². The van der Waals surface area contributed by atoms with E-state index in [2.05, 4.69) is 7.05 Å². The van der Waals surface area contributed by atoms with Crippen LogP contribution in [0.5, 0.6) is 0 Å². The third-order valence-electron chi connectivity index (χ3n) is 3.13. The van der Waals surface area contributed by atoms with Gasteiger partial charge in [-0.2, -0.15) is 0 Å². The summed E-state index contributed by atoms with van der Waals surface area (Å²) in [5.41, 5.74) is 0.340. The summed E-state index contributed by atoms with van der Waals surface area (Å²) in [6.07, 6.45) is 1.97. The van der Waals surface area contributed by atoms with Gasteiger partial charge >= 0.3 is 5.97 Å². The number of quaternary nitrogens is 1. The van der Waals surface area contributed by atoms with Crippen LogP contribution < -0.4 is 4.90 Å². The highest BCUT2D eigenvalue weighted by Gasteiger charge is 2.25. The van der Waals surface area contributed by atoms with Gasteiger partial charge in [0.15, 0.2) is 6.10 Å². The normalized spacial score (nSPS) is 23.7. The molecule has 0 aliphatic carbocycles. The zero-order valence-electron chi connectivity index (χ0n) is 10.2. The molecule has 1 unspecified atom stereocenters. The molecular weight excluding hydrogens is 273 g/mol. The molecule has 1 N–H and O–H groups in total. The minimum Gasteiger partial charge on any atom is -0.453 e. The van der Waals surface area contributed by atoms with Crippen molar-refractivity contribution in [2.45, 2.75) is 18.9 Å². The standard InChI is InChI=1S/C13H15Cl2NO2/c1-16-6-2-3-10(8-16)18-13(17)11-7-9(14)4-5-12(11)15/h4-5,7,10H,2-3,6,8H2,1H3/p+1/t10-/m1/s1. The number of benzene rings is 1. The van der Waals surface area contributed by atoms with E-state index in [9.17, 15) is 4.79 Å². The number of esters is 1. The zero-order valence-corrected chi connectivity index (χ0v) is 11.7. The van der Waals surface area contributed by atoms with E-state index in [1.54, 1.807) is 18.2 Å². The average Bonchev–Trinajstić information content (AvgIpc) is 2.32. The fraction of sp³-hybridized carbons (Fsp3) is 0.462. The zero-order chi connectivity index (χ0) is 13.1. The van der Waals surface area contributed by atoms with Crippen molar-refractivity contribution in [3.63, 3.8) is 0 Å². The van der Waals surface area contributed by atoms with Crippen LogP contribution in [0, 0.1) is 0 Å². The molecule has 2 rings (SSSR count). The van der Waals surface area contributed by atoms with Crippen LogP contribution in [-0.2, 0) is 4.74 Å². The number of piperidine rings is 1. The third kappa shape index (κ3) is 3.37. The summed E-state index contributed by atoms with van der Waals surface area (Å²) in [5, 5.41) is 0.860. The summed E-state index contributed by atoms with van der Waals surface area (Å²) in [4.78, 5) is 13.4. The highest BCUT2D eigenvalue weighted by Crippen LogP contribution is 2.22. The molecule has 0 amide bonds. The maximum atomic E-state index is 12.0. The molecule has 18 heavy (non-hydrogen) atoms. The molecule has 0 saturated carbocycles. The Labute approximate surface area is 117 Å². The van der Waals surface area contributed by atoms with Gasteiger partial charge in [-0.25, -0.2) is 4.79 Å². The first-order chi connectivity index (χ1) is 8.56. The van der Waals surface area contributed by atoms with Gasteiger partial charge in [0.25, 0.3) is 0 Å². The lowest BCUT2D eigenvalue weighted by Crippen LogP contribution is -3.11. The predicted octanol–water partition coefficient (Wildman–Crippen LogP) is 1.83. The van der Waals surface area contributed by atoms with E-state index in [1.165, 1.54) is 4.90 Å². The van der Waals surface area contributed by atoms with E-state index in [4.69, 9.17) is 27.9 Å². The second kappa shape index (κ2) is 5.91. The predicted molar refractivity (Wildman–Crippen MR) is 71.5 cm³/mol. The van der Waals surface area contributed by atoms with Crippen molar-refractivity contribution in [1.29, 1.82) is 0 Å². The number of carbonyl (C=O) groups is 1. The van der Waals surface area contributed by atoms with E-state index >= 15 is 0 Å². The minimum atomic E-state index is -0.387. The quantitative estimate of drug-likeness (QED) is 0.842. The van der Waals surface area contributed by atoms with Crippen LogP contribution in [0.2, 0.25) is 10.0 Å². The van der Waals surface area contributed by atoms with Gasteiger partial charge in [-0.05, 0) is 24.6 Å². The molecule has 1 fully saturated rings. The molecule has 98 valence electrons. The van der Waals surface area contributed by atoms with Gasteiger partial charge in [0.1, 0.15) is 6.54 Å². The Balaban J connectivity index is 2.05. The van der Waals surface area contributed by atoms with Gasteiger partial charge in [-0.1, -0.05) is 23.2 Å². The van der Waals surface area contributed by atoms with E-state index < -0.39 is 0 Å². The average molecular weight is 289 g/mol. The molecule has 1 aliphatic rings. The maximum Gasteiger partial charge on any atom is 0.340 e. The third-order valence-corrected chi connectivity index (χ3v) is 3.69. The summed E-state index contributed by atoms with van der Waals surface area (Å²) in [6, 6.07) is 4.81. The maximum absolute atomic E-state index is 12.0. The summed E-state index contributed by atoms with van der Waals surface area (Å²) < 4.78 is 5.48. The summed E-state index contributed by atoms with van der Waals surface area (Å²) in [7, 11) is 2.10. The Morgan fingerprint density at radius 3 is 2.94 bits per heavy atom. The Kier molecular flexibility index (Phi) is 4.49. The highest BCUT2D eigenvalue weighted by molar-refractivity contribution is 6.35. The molecule has 1 aromatic carbocycles. The van der Waals surface area contributed by atoms with Crippen molar-refractivity contribution in [1.82, 2.24) is 0 Å². The first kappa shape index (κ1) is 13.7. The molecule has 3 nitrogen and oxygen atoms in total. The monoisotopic (exact) mass is 288 g/mol. The van der Waals surface area contributed by atoms with Gasteiger partial charge in [0.05, 0.1) is 24.2 Å². The smallest absolute Gasteiger partial charge is 0.340 e. The SMILES string of the molecule is C[NH+]1CCC[C@@H](OC(=O)c2cc(Cl)ccc2Cl)C1. The number of hydrogen-bond donors (Lipinski definition) is 1. The van der Waals surface area contributed by atoms with Crippen molar-refractivity contribution in [3.05, 3.63) is 33.8 Å². The van der Waals surface area contributed by atoms with Crippen molar-refractivity contribution in [3.8, 4) is 0 Å². The van der Waals surface area contributed by atoms with Crippen LogP contribution >= 0.6 is 23.2 Å². The first-order valence-corrected chi connectivity index (χ1v) is 6.79. The van der Waals surface area contributed by atoms with E-state index in [1.807, 2.05) is 0 Å². The number of rotatable bonds is 2. The van der Waals surface area contributed by atoms with Gasteiger partial charge in [0.2, 0.25) is 0 Å². The van der Waals surface area contributed by atoms with Crippen LogP contribution in [0.1, 0.15) is 23.2 Å². The van der Waals surface area contributed by atoms with Gasteiger partial charge in [-0.15, -0.1) is 0 Å². The topological polar surface area (TPSA) is 30.7 Å². The molecule has 0 aromatic heterocycles.